The molecule has 8 heteroatoms. The average molecular weight is 432 g/mol. The van der Waals surface area contributed by atoms with Crippen molar-refractivity contribution in [2.24, 2.45) is 0 Å². The van der Waals surface area contributed by atoms with E-state index in [4.69, 9.17) is 4.74 Å². The average Bonchev–Trinajstić information content (AvgIpc) is 3.08. The number of hydrogen-bond acceptors (Lipinski definition) is 6. The molecular weight excluding hydrogens is 402 g/mol. The molecule has 1 aromatic heterocycles. The summed E-state index contributed by atoms with van der Waals surface area (Å²) in [7, 11) is 0. The summed E-state index contributed by atoms with van der Waals surface area (Å²) < 4.78 is 5.09. The fourth-order valence-corrected chi connectivity index (χ4v) is 3.91. The Morgan fingerprint density at radius 3 is 2.43 bits per heavy atom. The number of unbranched alkanes of at least 4 members (excludes halogenated alkanes) is 2. The first-order valence-electron chi connectivity index (χ1n) is 10.2. The predicted molar refractivity (Wildman–Crippen MR) is 119 cm³/mol. The van der Waals surface area contributed by atoms with Gasteiger partial charge in [0.05, 0.1) is 18.7 Å². The van der Waals surface area contributed by atoms with Gasteiger partial charge in [-0.25, -0.2) is 9.78 Å². The molecule has 0 saturated heterocycles. The second kappa shape index (κ2) is 11.4. The number of benzene rings is 1. The number of nitrogens with one attached hydrogen (secondary N) is 1. The lowest BCUT2D eigenvalue weighted by Crippen LogP contribution is -2.33. The van der Waals surface area contributed by atoms with Crippen LogP contribution in [0, 0.1) is 6.92 Å². The van der Waals surface area contributed by atoms with Crippen molar-refractivity contribution in [3.05, 3.63) is 40.4 Å². The molecule has 1 aromatic carbocycles. The molecule has 30 heavy (non-hydrogen) atoms. The van der Waals surface area contributed by atoms with Crippen LogP contribution in [0.15, 0.2) is 24.3 Å². The molecule has 0 aliphatic heterocycles. The molecule has 2 rings (SSSR count). The highest BCUT2D eigenvalue weighted by atomic mass is 32.1. The zero-order chi connectivity index (χ0) is 22.1. The van der Waals surface area contributed by atoms with Crippen LogP contribution in [0.4, 0.5) is 10.8 Å². The van der Waals surface area contributed by atoms with Crippen LogP contribution in [0.2, 0.25) is 0 Å². The Morgan fingerprint density at radius 1 is 1.13 bits per heavy atom. The van der Waals surface area contributed by atoms with E-state index in [0.717, 1.165) is 24.8 Å². The molecule has 1 N–H and O–H groups in total. The third-order valence-corrected chi connectivity index (χ3v) is 5.55. The zero-order valence-corrected chi connectivity index (χ0v) is 18.8. The summed E-state index contributed by atoms with van der Waals surface area (Å²) in [5.74, 6) is -0.631. The Bertz CT molecular complexity index is 877. The smallest absolute Gasteiger partial charge is 0.350 e. The van der Waals surface area contributed by atoms with Gasteiger partial charge in [-0.1, -0.05) is 43.2 Å². The van der Waals surface area contributed by atoms with Gasteiger partial charge >= 0.3 is 5.97 Å². The van der Waals surface area contributed by atoms with Crippen molar-refractivity contribution in [1.82, 2.24) is 4.98 Å². The molecule has 0 unspecified atom stereocenters. The van der Waals surface area contributed by atoms with Gasteiger partial charge in [-0.05, 0) is 38.0 Å². The van der Waals surface area contributed by atoms with Crippen molar-refractivity contribution in [3.63, 3.8) is 0 Å². The SMILES string of the molecule is CCCCCN(C(=O)Cc1ccc(NC(C)=O)cc1)c1nc(C)c(C(=O)OCC)s1. The molecule has 0 radical (unpaired) electrons. The van der Waals surface area contributed by atoms with E-state index in [0.29, 0.717) is 34.5 Å². The fraction of sp³-hybridized carbons (Fsp3) is 0.455. The normalized spacial score (nSPS) is 10.5. The maximum atomic E-state index is 13.1. The minimum absolute atomic E-state index is 0.0810. The molecule has 7 nitrogen and oxygen atoms in total. The van der Waals surface area contributed by atoms with Crippen LogP contribution in [-0.4, -0.2) is 35.9 Å². The zero-order valence-electron chi connectivity index (χ0n) is 18.0. The van der Waals surface area contributed by atoms with Crippen molar-refractivity contribution in [1.29, 1.82) is 0 Å². The molecule has 0 spiro atoms. The van der Waals surface area contributed by atoms with Gasteiger partial charge in [0.1, 0.15) is 4.88 Å². The van der Waals surface area contributed by atoms with Crippen molar-refractivity contribution in [2.45, 2.75) is 53.4 Å². The third-order valence-electron chi connectivity index (χ3n) is 4.39. The number of rotatable bonds is 10. The summed E-state index contributed by atoms with van der Waals surface area (Å²) in [6.45, 7) is 7.90. The number of carbonyl (C=O) groups is 3. The van der Waals surface area contributed by atoms with Crippen LogP contribution in [0.3, 0.4) is 0 Å². The van der Waals surface area contributed by atoms with Crippen molar-refractivity contribution in [2.75, 3.05) is 23.4 Å². The number of nitrogens with zero attached hydrogens (tertiary/aromatic N) is 2. The summed E-state index contributed by atoms with van der Waals surface area (Å²) in [6, 6.07) is 7.20. The Kier molecular flexibility index (Phi) is 8.98. The quantitative estimate of drug-likeness (QED) is 0.446. The molecule has 0 aliphatic rings. The van der Waals surface area contributed by atoms with Crippen LogP contribution in [0.1, 0.15) is 61.0 Å². The number of aryl methyl sites for hydroxylation is 1. The van der Waals surface area contributed by atoms with E-state index in [-0.39, 0.29) is 18.2 Å². The summed E-state index contributed by atoms with van der Waals surface area (Å²) in [5, 5.41) is 3.23. The van der Waals surface area contributed by atoms with Gasteiger partial charge in [0, 0.05) is 19.2 Å². The van der Waals surface area contributed by atoms with Crippen LogP contribution >= 0.6 is 11.3 Å². The van der Waals surface area contributed by atoms with Crippen LogP contribution in [-0.2, 0) is 20.7 Å². The fourth-order valence-electron chi connectivity index (χ4n) is 2.91. The molecule has 0 bridgehead atoms. The number of hydrogen-bond donors (Lipinski definition) is 1. The van der Waals surface area contributed by atoms with Gasteiger partial charge in [0.25, 0.3) is 0 Å². The number of amides is 2. The summed E-state index contributed by atoms with van der Waals surface area (Å²) in [5.41, 5.74) is 2.10. The number of carbonyl (C=O) groups excluding carboxylic acids is 3. The first-order chi connectivity index (χ1) is 14.3. The molecule has 0 saturated carbocycles. The highest BCUT2D eigenvalue weighted by Crippen LogP contribution is 2.28. The monoisotopic (exact) mass is 431 g/mol. The Balaban J connectivity index is 2.19. The Hall–Kier alpha value is -2.74. The van der Waals surface area contributed by atoms with E-state index in [9.17, 15) is 14.4 Å². The molecule has 1 heterocycles. The standard InChI is InChI=1S/C22H29N3O4S/c1-5-7-8-13-25(22-23-15(3)20(30-22)21(28)29-6-2)19(27)14-17-9-11-18(12-10-17)24-16(4)26/h9-12H,5-8,13-14H2,1-4H3,(H,24,26). The van der Waals surface area contributed by atoms with E-state index < -0.39 is 5.97 Å². The van der Waals surface area contributed by atoms with E-state index in [1.54, 1.807) is 30.9 Å². The molecule has 0 aliphatic carbocycles. The van der Waals surface area contributed by atoms with Crippen molar-refractivity contribution < 1.29 is 19.1 Å². The van der Waals surface area contributed by atoms with Gasteiger partial charge < -0.3 is 10.1 Å². The summed E-state index contributed by atoms with van der Waals surface area (Å²) >= 11 is 1.19. The van der Waals surface area contributed by atoms with Crippen LogP contribution in [0.5, 0.6) is 0 Å². The maximum Gasteiger partial charge on any atom is 0.350 e. The van der Waals surface area contributed by atoms with Gasteiger partial charge in [-0.2, -0.15) is 0 Å². The Morgan fingerprint density at radius 2 is 1.83 bits per heavy atom. The van der Waals surface area contributed by atoms with E-state index >= 15 is 0 Å². The van der Waals surface area contributed by atoms with Gasteiger partial charge in [-0.15, -0.1) is 0 Å². The largest absolute Gasteiger partial charge is 0.462 e. The van der Waals surface area contributed by atoms with E-state index in [1.165, 1.54) is 18.3 Å². The molecule has 2 amide bonds. The third kappa shape index (κ3) is 6.66. The first-order valence-corrected chi connectivity index (χ1v) is 11.0. The van der Waals surface area contributed by atoms with Gasteiger partial charge in [0.2, 0.25) is 11.8 Å². The Labute approximate surface area is 181 Å². The highest BCUT2D eigenvalue weighted by Gasteiger charge is 2.23. The molecule has 0 atom stereocenters. The molecule has 162 valence electrons. The highest BCUT2D eigenvalue weighted by molar-refractivity contribution is 7.17. The number of aromatic nitrogens is 1. The van der Waals surface area contributed by atoms with Crippen molar-refractivity contribution in [3.8, 4) is 0 Å². The number of esters is 1. The minimum Gasteiger partial charge on any atom is -0.462 e. The van der Waals surface area contributed by atoms with Crippen molar-refractivity contribution >= 4 is 39.9 Å². The lowest BCUT2D eigenvalue weighted by atomic mass is 10.1. The van der Waals surface area contributed by atoms with Gasteiger partial charge in [-0.3, -0.25) is 14.5 Å². The van der Waals surface area contributed by atoms with Gasteiger partial charge in [0.15, 0.2) is 5.13 Å². The topological polar surface area (TPSA) is 88.6 Å². The molecule has 0 fully saturated rings. The number of ether oxygens (including phenoxy) is 1. The van der Waals surface area contributed by atoms with E-state index in [2.05, 4.69) is 17.2 Å². The maximum absolute atomic E-state index is 13.1. The lowest BCUT2D eigenvalue weighted by molar-refractivity contribution is -0.118. The second-order valence-electron chi connectivity index (χ2n) is 6.94. The second-order valence-corrected chi connectivity index (χ2v) is 7.92. The molecular formula is C22H29N3O4S. The minimum atomic E-state index is -0.409. The number of thiazole rings is 1. The first kappa shape index (κ1) is 23.5. The predicted octanol–water partition coefficient (Wildman–Crippen LogP) is 4.35. The number of anilines is 2. The summed E-state index contributed by atoms with van der Waals surface area (Å²) in [4.78, 5) is 43.0. The van der Waals surface area contributed by atoms with Crippen LogP contribution < -0.4 is 10.2 Å². The summed E-state index contributed by atoms with van der Waals surface area (Å²) in [6.07, 6.45) is 3.11. The van der Waals surface area contributed by atoms with E-state index in [1.807, 2.05) is 12.1 Å². The molecule has 2 aromatic rings. The van der Waals surface area contributed by atoms with Crippen LogP contribution in [0.25, 0.3) is 0 Å². The lowest BCUT2D eigenvalue weighted by Gasteiger charge is -2.20.